The van der Waals surface area contributed by atoms with Crippen LogP contribution in [0.3, 0.4) is 0 Å². The maximum atomic E-state index is 11.0. The van der Waals surface area contributed by atoms with E-state index in [1.54, 1.807) is 0 Å². The SMILES string of the molecule is CCC(CCC(=O)OC)C[Si](C)(C)C. The van der Waals surface area contributed by atoms with Gasteiger partial charge in [0.1, 0.15) is 0 Å². The highest BCUT2D eigenvalue weighted by atomic mass is 28.3. The van der Waals surface area contributed by atoms with Gasteiger partial charge in [0.05, 0.1) is 7.11 Å². The average molecular weight is 216 g/mol. The molecule has 0 saturated heterocycles. The third-order valence-corrected chi connectivity index (χ3v) is 4.26. The zero-order valence-corrected chi connectivity index (χ0v) is 11.2. The highest BCUT2D eigenvalue weighted by molar-refractivity contribution is 6.76. The minimum absolute atomic E-state index is 0.0703. The minimum Gasteiger partial charge on any atom is -0.469 e. The van der Waals surface area contributed by atoms with Gasteiger partial charge in [0.15, 0.2) is 0 Å². The van der Waals surface area contributed by atoms with Crippen molar-refractivity contribution in [1.29, 1.82) is 0 Å². The normalized spacial score (nSPS) is 13.8. The van der Waals surface area contributed by atoms with Gasteiger partial charge in [-0.2, -0.15) is 0 Å². The van der Waals surface area contributed by atoms with Crippen LogP contribution < -0.4 is 0 Å². The Hall–Kier alpha value is -0.313. The number of carbonyl (C=O) groups is 1. The Bertz CT molecular complexity index is 173. The molecule has 2 nitrogen and oxygen atoms in total. The van der Waals surface area contributed by atoms with Gasteiger partial charge >= 0.3 is 5.97 Å². The predicted molar refractivity (Wildman–Crippen MR) is 63.2 cm³/mol. The van der Waals surface area contributed by atoms with E-state index >= 15 is 0 Å². The molecule has 0 aromatic carbocycles. The molecule has 84 valence electrons. The summed E-state index contributed by atoms with van der Waals surface area (Å²) in [5.74, 6) is 0.639. The predicted octanol–water partition coefficient (Wildman–Crippen LogP) is 3.30. The summed E-state index contributed by atoms with van der Waals surface area (Å²) in [4.78, 5) is 11.0. The molecule has 0 saturated carbocycles. The van der Waals surface area contributed by atoms with Crippen LogP contribution in [0.1, 0.15) is 26.2 Å². The van der Waals surface area contributed by atoms with Crippen molar-refractivity contribution in [2.75, 3.05) is 7.11 Å². The Morgan fingerprint density at radius 3 is 2.29 bits per heavy atom. The lowest BCUT2D eigenvalue weighted by Crippen LogP contribution is -2.24. The monoisotopic (exact) mass is 216 g/mol. The van der Waals surface area contributed by atoms with E-state index in [0.29, 0.717) is 12.3 Å². The van der Waals surface area contributed by atoms with Crippen molar-refractivity contribution >= 4 is 14.0 Å². The van der Waals surface area contributed by atoms with Crippen LogP contribution in [0, 0.1) is 5.92 Å². The second kappa shape index (κ2) is 6.22. The lowest BCUT2D eigenvalue weighted by atomic mass is 10.0. The van der Waals surface area contributed by atoms with E-state index in [1.807, 2.05) is 0 Å². The number of hydrogen-bond acceptors (Lipinski definition) is 2. The van der Waals surface area contributed by atoms with Gasteiger partial charge in [0, 0.05) is 14.5 Å². The van der Waals surface area contributed by atoms with Crippen LogP contribution in [0.25, 0.3) is 0 Å². The smallest absolute Gasteiger partial charge is 0.305 e. The van der Waals surface area contributed by atoms with Crippen LogP contribution in [-0.2, 0) is 9.53 Å². The van der Waals surface area contributed by atoms with E-state index in [9.17, 15) is 4.79 Å². The highest BCUT2D eigenvalue weighted by Crippen LogP contribution is 2.23. The fourth-order valence-electron chi connectivity index (χ4n) is 1.74. The van der Waals surface area contributed by atoms with Gasteiger partial charge in [-0.1, -0.05) is 39.0 Å². The molecule has 0 aliphatic rings. The fourth-order valence-corrected chi connectivity index (χ4v) is 3.97. The molecule has 0 heterocycles. The first-order valence-corrected chi connectivity index (χ1v) is 9.16. The Balaban J connectivity index is 3.86. The van der Waals surface area contributed by atoms with Crippen LogP contribution in [-0.4, -0.2) is 21.2 Å². The molecule has 14 heavy (non-hydrogen) atoms. The summed E-state index contributed by atoms with van der Waals surface area (Å²) in [6.45, 7) is 9.36. The van der Waals surface area contributed by atoms with E-state index < -0.39 is 8.07 Å². The van der Waals surface area contributed by atoms with Gasteiger partial charge in [-0.15, -0.1) is 0 Å². The molecule has 0 aliphatic heterocycles. The molecule has 0 fully saturated rings. The van der Waals surface area contributed by atoms with Crippen molar-refractivity contribution in [2.45, 2.75) is 51.9 Å². The Morgan fingerprint density at radius 2 is 1.93 bits per heavy atom. The summed E-state index contributed by atoms with van der Waals surface area (Å²) in [5, 5.41) is 0. The zero-order chi connectivity index (χ0) is 11.2. The molecule has 0 rings (SSSR count). The Kier molecular flexibility index (Phi) is 6.08. The van der Waals surface area contributed by atoms with Gasteiger partial charge in [-0.25, -0.2) is 0 Å². The van der Waals surface area contributed by atoms with Crippen molar-refractivity contribution in [3.8, 4) is 0 Å². The first-order valence-electron chi connectivity index (χ1n) is 5.46. The maximum Gasteiger partial charge on any atom is 0.305 e. The largest absolute Gasteiger partial charge is 0.469 e. The van der Waals surface area contributed by atoms with E-state index in [0.717, 1.165) is 6.42 Å². The number of ether oxygens (including phenoxy) is 1. The van der Waals surface area contributed by atoms with E-state index in [1.165, 1.54) is 19.6 Å². The maximum absolute atomic E-state index is 11.0. The quantitative estimate of drug-likeness (QED) is 0.503. The third-order valence-electron chi connectivity index (χ3n) is 2.46. The van der Waals surface area contributed by atoms with Crippen LogP contribution in [0.2, 0.25) is 25.7 Å². The molecule has 0 bridgehead atoms. The molecule has 0 amide bonds. The van der Waals surface area contributed by atoms with E-state index in [-0.39, 0.29) is 5.97 Å². The number of hydrogen-bond donors (Lipinski definition) is 0. The molecule has 3 heteroatoms. The summed E-state index contributed by atoms with van der Waals surface area (Å²) >= 11 is 0. The summed E-state index contributed by atoms with van der Waals surface area (Å²) in [7, 11) is 0.485. The summed E-state index contributed by atoms with van der Waals surface area (Å²) < 4.78 is 4.65. The molecule has 0 aromatic rings. The van der Waals surface area contributed by atoms with Crippen molar-refractivity contribution in [3.05, 3.63) is 0 Å². The van der Waals surface area contributed by atoms with Gasteiger partial charge < -0.3 is 4.74 Å². The molecule has 1 atom stereocenters. The molecule has 1 unspecified atom stereocenters. The van der Waals surface area contributed by atoms with Gasteiger partial charge in [-0.05, 0) is 12.3 Å². The zero-order valence-electron chi connectivity index (χ0n) is 10.2. The molecule has 0 N–H and O–H groups in total. The second-order valence-electron chi connectivity index (χ2n) is 5.15. The van der Waals surface area contributed by atoms with Crippen LogP contribution in [0.15, 0.2) is 0 Å². The Morgan fingerprint density at radius 1 is 1.36 bits per heavy atom. The van der Waals surface area contributed by atoms with Crippen LogP contribution >= 0.6 is 0 Å². The van der Waals surface area contributed by atoms with Crippen LogP contribution in [0.4, 0.5) is 0 Å². The summed E-state index contributed by atoms with van der Waals surface area (Å²) in [5.41, 5.74) is 0. The molecule has 0 aliphatic carbocycles. The first kappa shape index (κ1) is 13.7. The van der Waals surface area contributed by atoms with Crippen molar-refractivity contribution in [1.82, 2.24) is 0 Å². The fraction of sp³-hybridized carbons (Fsp3) is 0.909. The van der Waals surface area contributed by atoms with Crippen molar-refractivity contribution in [3.63, 3.8) is 0 Å². The molecule has 0 radical (unpaired) electrons. The third kappa shape index (κ3) is 7.13. The number of carbonyl (C=O) groups excluding carboxylic acids is 1. The second-order valence-corrected chi connectivity index (χ2v) is 10.7. The summed E-state index contributed by atoms with van der Waals surface area (Å²) in [6, 6.07) is 1.32. The number of methoxy groups -OCH3 is 1. The number of rotatable bonds is 6. The van der Waals surface area contributed by atoms with E-state index in [4.69, 9.17) is 0 Å². The molecular formula is C11H24O2Si. The van der Waals surface area contributed by atoms with E-state index in [2.05, 4.69) is 31.3 Å². The first-order chi connectivity index (χ1) is 6.39. The lowest BCUT2D eigenvalue weighted by Gasteiger charge is -2.23. The molecular weight excluding hydrogens is 192 g/mol. The number of esters is 1. The molecule has 0 spiro atoms. The highest BCUT2D eigenvalue weighted by Gasteiger charge is 2.19. The van der Waals surface area contributed by atoms with Crippen LogP contribution in [0.5, 0.6) is 0 Å². The summed E-state index contributed by atoms with van der Waals surface area (Å²) in [6.07, 6.45) is 2.76. The molecule has 0 aromatic heterocycles. The van der Waals surface area contributed by atoms with Crippen molar-refractivity contribution in [2.24, 2.45) is 5.92 Å². The standard InChI is InChI=1S/C11H24O2Si/c1-6-10(9-14(3,4)5)7-8-11(12)13-2/h10H,6-9H2,1-5H3. The van der Waals surface area contributed by atoms with Gasteiger partial charge in [0.25, 0.3) is 0 Å². The topological polar surface area (TPSA) is 26.3 Å². The van der Waals surface area contributed by atoms with Gasteiger partial charge in [-0.3, -0.25) is 4.79 Å². The average Bonchev–Trinajstić information content (AvgIpc) is 2.09. The lowest BCUT2D eigenvalue weighted by molar-refractivity contribution is -0.140. The van der Waals surface area contributed by atoms with Gasteiger partial charge in [0.2, 0.25) is 0 Å². The minimum atomic E-state index is -0.976. The Labute approximate surface area is 89.0 Å². The van der Waals surface area contributed by atoms with Crippen molar-refractivity contribution < 1.29 is 9.53 Å².